The van der Waals surface area contributed by atoms with Gasteiger partial charge in [-0.1, -0.05) is 12.7 Å². The van der Waals surface area contributed by atoms with E-state index in [0.29, 0.717) is 0 Å². The van der Waals surface area contributed by atoms with Crippen LogP contribution in [-0.4, -0.2) is 36.4 Å². The van der Waals surface area contributed by atoms with Crippen LogP contribution in [0.15, 0.2) is 24.8 Å². The molecular formula is C10H14O5. The molecular weight excluding hydrogens is 200 g/mol. The molecule has 0 spiro atoms. The Labute approximate surface area is 88.0 Å². The lowest BCUT2D eigenvalue weighted by Gasteiger charge is -2.09. The van der Waals surface area contributed by atoms with E-state index < -0.39 is 18.0 Å². The Morgan fingerprint density at radius 3 is 2.33 bits per heavy atom. The Bertz CT molecular complexity index is 257. The van der Waals surface area contributed by atoms with Gasteiger partial charge in [0.1, 0.15) is 19.3 Å². The highest BCUT2D eigenvalue weighted by Gasteiger charge is 2.08. The molecule has 1 unspecified atom stereocenters. The van der Waals surface area contributed by atoms with Gasteiger partial charge in [-0.2, -0.15) is 0 Å². The molecule has 0 aliphatic rings. The van der Waals surface area contributed by atoms with Gasteiger partial charge in [0.15, 0.2) is 0 Å². The number of aliphatic hydroxyl groups excluding tert-OH is 1. The average Bonchev–Trinajstić information content (AvgIpc) is 2.23. The van der Waals surface area contributed by atoms with Crippen LogP contribution >= 0.6 is 0 Å². The first-order valence-corrected chi connectivity index (χ1v) is 4.36. The maximum absolute atomic E-state index is 10.8. The fourth-order valence-corrected chi connectivity index (χ4v) is 0.648. The fraction of sp³-hybridized carbons (Fsp3) is 0.400. The van der Waals surface area contributed by atoms with E-state index in [1.54, 1.807) is 6.92 Å². The maximum atomic E-state index is 10.8. The number of allylic oxidation sites excluding steroid dienone is 1. The predicted octanol–water partition coefficient (Wildman–Crippen LogP) is 0.196. The molecule has 1 atom stereocenters. The quantitative estimate of drug-likeness (QED) is 0.505. The third-order valence-corrected chi connectivity index (χ3v) is 1.31. The van der Waals surface area contributed by atoms with E-state index in [2.05, 4.69) is 16.1 Å². The Hall–Kier alpha value is -1.62. The molecule has 0 amide bonds. The monoisotopic (exact) mass is 214 g/mol. The van der Waals surface area contributed by atoms with E-state index >= 15 is 0 Å². The molecule has 0 saturated heterocycles. The Morgan fingerprint density at radius 1 is 1.33 bits per heavy atom. The van der Waals surface area contributed by atoms with Crippen LogP contribution in [0.2, 0.25) is 0 Å². The topological polar surface area (TPSA) is 72.8 Å². The smallest absolute Gasteiger partial charge is 0.330 e. The molecule has 0 rings (SSSR count). The Kier molecular flexibility index (Phi) is 6.92. The highest BCUT2D eigenvalue weighted by molar-refractivity contribution is 5.82. The van der Waals surface area contributed by atoms with Crippen molar-refractivity contribution in [3.63, 3.8) is 0 Å². The van der Waals surface area contributed by atoms with Crippen molar-refractivity contribution in [3.05, 3.63) is 24.8 Å². The molecule has 84 valence electrons. The van der Waals surface area contributed by atoms with Crippen LogP contribution in [0.5, 0.6) is 0 Å². The van der Waals surface area contributed by atoms with Gasteiger partial charge >= 0.3 is 11.9 Å². The Morgan fingerprint density at radius 2 is 1.87 bits per heavy atom. The summed E-state index contributed by atoms with van der Waals surface area (Å²) in [7, 11) is 0. The minimum absolute atomic E-state index is 0.215. The number of carbonyl (C=O) groups is 2. The summed E-state index contributed by atoms with van der Waals surface area (Å²) in [4.78, 5) is 21.4. The van der Waals surface area contributed by atoms with Gasteiger partial charge in [-0.3, -0.25) is 0 Å². The van der Waals surface area contributed by atoms with Crippen molar-refractivity contribution in [2.75, 3.05) is 13.2 Å². The second-order valence-electron chi connectivity index (χ2n) is 2.62. The molecule has 0 radical (unpaired) electrons. The lowest BCUT2D eigenvalue weighted by atomic mass is 10.4. The molecule has 0 aliphatic heterocycles. The van der Waals surface area contributed by atoms with Crippen molar-refractivity contribution in [3.8, 4) is 0 Å². The summed E-state index contributed by atoms with van der Waals surface area (Å²) in [6.07, 6.45) is 2.70. The number of carbonyl (C=O) groups excluding carboxylic acids is 2. The molecule has 0 saturated carbocycles. The van der Waals surface area contributed by atoms with Gasteiger partial charge in [0.2, 0.25) is 0 Å². The SMILES string of the molecule is C=CC(=O)OCC(O)COC(=O)C=CC. The molecule has 0 fully saturated rings. The molecule has 0 heterocycles. The van der Waals surface area contributed by atoms with Crippen molar-refractivity contribution in [1.82, 2.24) is 0 Å². The third-order valence-electron chi connectivity index (χ3n) is 1.31. The van der Waals surface area contributed by atoms with Crippen LogP contribution in [0.3, 0.4) is 0 Å². The third kappa shape index (κ3) is 7.45. The zero-order valence-electron chi connectivity index (χ0n) is 8.51. The summed E-state index contributed by atoms with van der Waals surface area (Å²) in [6.45, 7) is 4.41. The van der Waals surface area contributed by atoms with Crippen LogP contribution < -0.4 is 0 Å². The lowest BCUT2D eigenvalue weighted by molar-refractivity contribution is -0.146. The van der Waals surface area contributed by atoms with E-state index in [1.807, 2.05) is 0 Å². The lowest BCUT2D eigenvalue weighted by Crippen LogP contribution is -2.24. The zero-order chi connectivity index (χ0) is 11.7. The molecule has 0 bridgehead atoms. The van der Waals surface area contributed by atoms with E-state index in [-0.39, 0.29) is 13.2 Å². The first-order valence-electron chi connectivity index (χ1n) is 4.36. The first-order chi connectivity index (χ1) is 7.10. The molecule has 0 aromatic carbocycles. The van der Waals surface area contributed by atoms with E-state index in [0.717, 1.165) is 6.08 Å². The van der Waals surface area contributed by atoms with E-state index in [4.69, 9.17) is 0 Å². The zero-order valence-corrected chi connectivity index (χ0v) is 8.51. The van der Waals surface area contributed by atoms with Crippen molar-refractivity contribution in [2.24, 2.45) is 0 Å². The van der Waals surface area contributed by atoms with Crippen LogP contribution in [0.1, 0.15) is 6.92 Å². The van der Waals surface area contributed by atoms with Crippen LogP contribution in [-0.2, 0) is 19.1 Å². The van der Waals surface area contributed by atoms with Crippen LogP contribution in [0, 0.1) is 0 Å². The summed E-state index contributed by atoms with van der Waals surface area (Å²) >= 11 is 0. The van der Waals surface area contributed by atoms with Crippen LogP contribution in [0.25, 0.3) is 0 Å². The van der Waals surface area contributed by atoms with E-state index in [1.165, 1.54) is 12.2 Å². The molecule has 15 heavy (non-hydrogen) atoms. The van der Waals surface area contributed by atoms with E-state index in [9.17, 15) is 14.7 Å². The standard InChI is InChI=1S/C10H14O5/c1-3-5-10(13)15-7-8(11)6-14-9(12)4-2/h3-5,8,11H,2,6-7H2,1H3. The predicted molar refractivity (Wildman–Crippen MR) is 52.9 cm³/mol. The normalized spacial score (nSPS) is 12.1. The van der Waals surface area contributed by atoms with Crippen LogP contribution in [0.4, 0.5) is 0 Å². The van der Waals surface area contributed by atoms with Crippen molar-refractivity contribution in [2.45, 2.75) is 13.0 Å². The fourth-order valence-electron chi connectivity index (χ4n) is 0.648. The van der Waals surface area contributed by atoms with Gasteiger partial charge in [0.25, 0.3) is 0 Å². The van der Waals surface area contributed by atoms with Gasteiger partial charge < -0.3 is 14.6 Å². The van der Waals surface area contributed by atoms with Crippen molar-refractivity contribution < 1.29 is 24.2 Å². The molecule has 0 aromatic rings. The number of hydrogen-bond acceptors (Lipinski definition) is 5. The summed E-state index contributed by atoms with van der Waals surface area (Å²) in [5, 5.41) is 9.20. The molecule has 1 N–H and O–H groups in total. The van der Waals surface area contributed by atoms with Gasteiger partial charge in [-0.15, -0.1) is 0 Å². The van der Waals surface area contributed by atoms with Gasteiger partial charge in [0, 0.05) is 12.2 Å². The number of rotatable bonds is 6. The molecule has 0 aliphatic carbocycles. The van der Waals surface area contributed by atoms with Crippen molar-refractivity contribution >= 4 is 11.9 Å². The highest BCUT2D eigenvalue weighted by Crippen LogP contribution is 1.90. The maximum Gasteiger partial charge on any atom is 0.330 e. The minimum atomic E-state index is -1.02. The van der Waals surface area contributed by atoms with Gasteiger partial charge in [-0.25, -0.2) is 9.59 Å². The van der Waals surface area contributed by atoms with Gasteiger partial charge in [0.05, 0.1) is 0 Å². The summed E-state index contributed by atoms with van der Waals surface area (Å²) in [6, 6.07) is 0. The minimum Gasteiger partial charge on any atom is -0.460 e. The summed E-state index contributed by atoms with van der Waals surface area (Å²) in [5.74, 6) is -1.18. The molecule has 5 heteroatoms. The highest BCUT2D eigenvalue weighted by atomic mass is 16.6. The number of esters is 2. The molecule has 0 aromatic heterocycles. The number of aliphatic hydroxyl groups is 1. The average molecular weight is 214 g/mol. The summed E-state index contributed by atoms with van der Waals surface area (Å²) in [5.41, 5.74) is 0. The largest absolute Gasteiger partial charge is 0.460 e. The second-order valence-corrected chi connectivity index (χ2v) is 2.62. The number of ether oxygens (including phenoxy) is 2. The first kappa shape index (κ1) is 13.4. The summed E-state index contributed by atoms with van der Waals surface area (Å²) < 4.78 is 9.15. The van der Waals surface area contributed by atoms with Gasteiger partial charge in [-0.05, 0) is 6.92 Å². The second kappa shape index (κ2) is 7.75. The molecule has 5 nitrogen and oxygen atoms in total. The number of hydrogen-bond donors (Lipinski definition) is 1. The Balaban J connectivity index is 3.65. The van der Waals surface area contributed by atoms with Crippen molar-refractivity contribution in [1.29, 1.82) is 0 Å².